The third-order valence-electron chi connectivity index (χ3n) is 3.52. The normalized spacial score (nSPS) is 21.3. The molecule has 19 heavy (non-hydrogen) atoms. The van der Waals surface area contributed by atoms with Crippen molar-refractivity contribution in [3.8, 4) is 0 Å². The van der Waals surface area contributed by atoms with Crippen molar-refractivity contribution in [1.82, 2.24) is 4.98 Å². The standard InChI is InChI=1S/C14H13ClN2OS/c1-8-16-9(7-19-8)6-14(2)12-10(15)4-3-5-11(12)17-13(14)18/h3-5,7H,6H2,1-2H3,(H,17,18). The first-order valence-corrected chi connectivity index (χ1v) is 7.28. The van der Waals surface area contributed by atoms with Crippen LogP contribution in [0.4, 0.5) is 5.69 Å². The van der Waals surface area contributed by atoms with E-state index in [1.807, 2.05) is 37.4 Å². The van der Waals surface area contributed by atoms with Gasteiger partial charge >= 0.3 is 0 Å². The Kier molecular flexibility index (Phi) is 2.87. The maximum atomic E-state index is 12.3. The summed E-state index contributed by atoms with van der Waals surface area (Å²) >= 11 is 7.88. The minimum absolute atomic E-state index is 0.0127. The Balaban J connectivity index is 2.07. The van der Waals surface area contributed by atoms with Crippen molar-refractivity contribution in [2.75, 3.05) is 5.32 Å². The van der Waals surface area contributed by atoms with Crippen LogP contribution in [0.2, 0.25) is 5.02 Å². The van der Waals surface area contributed by atoms with E-state index in [0.29, 0.717) is 11.4 Å². The van der Waals surface area contributed by atoms with Crippen LogP contribution in [0.1, 0.15) is 23.2 Å². The molecule has 2 aromatic rings. The molecule has 1 aromatic heterocycles. The van der Waals surface area contributed by atoms with Crippen molar-refractivity contribution in [3.05, 3.63) is 44.9 Å². The van der Waals surface area contributed by atoms with Crippen LogP contribution in [0, 0.1) is 6.92 Å². The highest BCUT2D eigenvalue weighted by Gasteiger charge is 2.44. The SMILES string of the molecule is Cc1nc(CC2(C)C(=O)Nc3cccc(Cl)c32)cs1. The van der Waals surface area contributed by atoms with Crippen LogP contribution in [0.3, 0.4) is 0 Å². The summed E-state index contributed by atoms with van der Waals surface area (Å²) < 4.78 is 0. The number of benzene rings is 1. The summed E-state index contributed by atoms with van der Waals surface area (Å²) in [6.07, 6.45) is 0.569. The van der Waals surface area contributed by atoms with Crippen LogP contribution < -0.4 is 5.32 Å². The van der Waals surface area contributed by atoms with Gasteiger partial charge in [-0.25, -0.2) is 4.98 Å². The Labute approximate surface area is 120 Å². The van der Waals surface area contributed by atoms with E-state index in [9.17, 15) is 4.79 Å². The van der Waals surface area contributed by atoms with Crippen molar-refractivity contribution < 1.29 is 4.79 Å². The molecule has 0 saturated heterocycles. The molecule has 1 amide bonds. The molecule has 5 heteroatoms. The lowest BCUT2D eigenvalue weighted by Crippen LogP contribution is -2.33. The molecule has 0 aliphatic carbocycles. The Bertz CT molecular complexity index is 667. The molecule has 1 atom stereocenters. The van der Waals surface area contributed by atoms with Crippen LogP contribution in [0.15, 0.2) is 23.6 Å². The zero-order chi connectivity index (χ0) is 13.6. The predicted octanol–water partition coefficient (Wildman–Crippen LogP) is 3.56. The first-order chi connectivity index (χ1) is 9.00. The summed E-state index contributed by atoms with van der Waals surface area (Å²) in [4.78, 5) is 16.8. The molecule has 3 rings (SSSR count). The van der Waals surface area contributed by atoms with Gasteiger partial charge in [0.05, 0.1) is 16.1 Å². The number of nitrogens with zero attached hydrogens (tertiary/aromatic N) is 1. The molecule has 98 valence electrons. The molecule has 3 nitrogen and oxygen atoms in total. The van der Waals surface area contributed by atoms with Gasteiger partial charge in [-0.2, -0.15) is 0 Å². The second-order valence-corrected chi connectivity index (χ2v) is 6.45. The number of thiazole rings is 1. The van der Waals surface area contributed by atoms with Gasteiger partial charge in [0.2, 0.25) is 5.91 Å². The van der Waals surface area contributed by atoms with E-state index in [0.717, 1.165) is 22.0 Å². The highest BCUT2D eigenvalue weighted by Crippen LogP contribution is 2.43. The summed E-state index contributed by atoms with van der Waals surface area (Å²) in [6.45, 7) is 3.89. The number of aromatic nitrogens is 1. The Morgan fingerprint density at radius 2 is 2.26 bits per heavy atom. The van der Waals surface area contributed by atoms with E-state index in [2.05, 4.69) is 10.3 Å². The quantitative estimate of drug-likeness (QED) is 0.919. The third-order valence-corrected chi connectivity index (χ3v) is 4.65. The lowest BCUT2D eigenvalue weighted by molar-refractivity contribution is -0.120. The first kappa shape index (κ1) is 12.6. The van der Waals surface area contributed by atoms with Crippen molar-refractivity contribution in [2.45, 2.75) is 25.7 Å². The molecular formula is C14H13ClN2OS. The summed E-state index contributed by atoms with van der Waals surface area (Å²) in [5, 5.41) is 6.55. The fourth-order valence-electron chi connectivity index (χ4n) is 2.58. The fraction of sp³-hybridized carbons (Fsp3) is 0.286. The maximum absolute atomic E-state index is 12.3. The maximum Gasteiger partial charge on any atom is 0.235 e. The number of hydrogen-bond donors (Lipinski definition) is 1. The van der Waals surface area contributed by atoms with Gasteiger partial charge in [-0.1, -0.05) is 17.7 Å². The van der Waals surface area contributed by atoms with Gasteiger partial charge in [0, 0.05) is 28.1 Å². The van der Waals surface area contributed by atoms with Crippen LogP contribution in [-0.2, 0) is 16.6 Å². The van der Waals surface area contributed by atoms with Crippen LogP contribution >= 0.6 is 22.9 Å². The molecule has 1 unspecified atom stereocenters. The molecule has 1 aromatic carbocycles. The van der Waals surface area contributed by atoms with Gasteiger partial charge in [0.1, 0.15) is 0 Å². The Morgan fingerprint density at radius 3 is 2.95 bits per heavy atom. The first-order valence-electron chi connectivity index (χ1n) is 6.02. The molecule has 1 aliphatic heterocycles. The molecule has 0 spiro atoms. The lowest BCUT2D eigenvalue weighted by atomic mass is 9.80. The topological polar surface area (TPSA) is 42.0 Å². The average molecular weight is 293 g/mol. The van der Waals surface area contributed by atoms with E-state index in [1.54, 1.807) is 11.3 Å². The van der Waals surface area contributed by atoms with Gasteiger partial charge in [0.25, 0.3) is 0 Å². The summed E-state index contributed by atoms with van der Waals surface area (Å²) in [6, 6.07) is 5.56. The third kappa shape index (κ3) is 1.95. The molecule has 1 aliphatic rings. The average Bonchev–Trinajstić information content (AvgIpc) is 2.84. The Hall–Kier alpha value is -1.39. The highest BCUT2D eigenvalue weighted by atomic mass is 35.5. The van der Waals surface area contributed by atoms with Gasteiger partial charge in [0.15, 0.2) is 0 Å². The fourth-order valence-corrected chi connectivity index (χ4v) is 3.58. The predicted molar refractivity (Wildman–Crippen MR) is 78.0 cm³/mol. The summed E-state index contributed by atoms with van der Waals surface area (Å²) in [5.41, 5.74) is 1.99. The molecular weight excluding hydrogens is 280 g/mol. The van der Waals surface area contributed by atoms with Crippen molar-refractivity contribution in [2.24, 2.45) is 0 Å². The van der Waals surface area contributed by atoms with Crippen LogP contribution in [0.5, 0.6) is 0 Å². The van der Waals surface area contributed by atoms with Gasteiger partial charge in [-0.05, 0) is 26.0 Å². The van der Waals surface area contributed by atoms with Crippen molar-refractivity contribution in [1.29, 1.82) is 0 Å². The number of rotatable bonds is 2. The Morgan fingerprint density at radius 1 is 1.47 bits per heavy atom. The molecule has 0 saturated carbocycles. The second-order valence-electron chi connectivity index (χ2n) is 4.98. The number of nitrogens with one attached hydrogen (secondary N) is 1. The van der Waals surface area contributed by atoms with Gasteiger partial charge < -0.3 is 5.32 Å². The zero-order valence-electron chi connectivity index (χ0n) is 10.7. The molecule has 1 N–H and O–H groups in total. The molecule has 0 radical (unpaired) electrons. The minimum atomic E-state index is -0.645. The zero-order valence-corrected chi connectivity index (χ0v) is 12.2. The number of carbonyl (C=O) groups excluding carboxylic acids is 1. The monoisotopic (exact) mass is 292 g/mol. The molecule has 0 bridgehead atoms. The number of anilines is 1. The van der Waals surface area contributed by atoms with E-state index in [-0.39, 0.29) is 5.91 Å². The highest BCUT2D eigenvalue weighted by molar-refractivity contribution is 7.09. The number of hydrogen-bond acceptors (Lipinski definition) is 3. The van der Waals surface area contributed by atoms with Crippen LogP contribution in [0.25, 0.3) is 0 Å². The molecule has 0 fully saturated rings. The smallest absolute Gasteiger partial charge is 0.235 e. The van der Waals surface area contributed by atoms with Crippen LogP contribution in [-0.4, -0.2) is 10.9 Å². The second kappa shape index (κ2) is 4.32. The largest absolute Gasteiger partial charge is 0.325 e. The van der Waals surface area contributed by atoms with E-state index >= 15 is 0 Å². The number of carbonyl (C=O) groups is 1. The number of amides is 1. The number of fused-ring (bicyclic) bond motifs is 1. The van der Waals surface area contributed by atoms with E-state index < -0.39 is 5.41 Å². The van der Waals surface area contributed by atoms with Gasteiger partial charge in [-0.3, -0.25) is 4.79 Å². The number of halogens is 1. The van der Waals surface area contributed by atoms with E-state index in [1.165, 1.54) is 0 Å². The lowest BCUT2D eigenvalue weighted by Gasteiger charge is -2.22. The van der Waals surface area contributed by atoms with Crippen molar-refractivity contribution in [3.63, 3.8) is 0 Å². The minimum Gasteiger partial charge on any atom is -0.325 e. The molecule has 2 heterocycles. The summed E-state index contributed by atoms with van der Waals surface area (Å²) in [7, 11) is 0. The van der Waals surface area contributed by atoms with E-state index in [4.69, 9.17) is 11.6 Å². The van der Waals surface area contributed by atoms with Gasteiger partial charge in [-0.15, -0.1) is 11.3 Å². The summed E-state index contributed by atoms with van der Waals surface area (Å²) in [5.74, 6) is -0.0127. The van der Waals surface area contributed by atoms with Crippen molar-refractivity contribution >= 4 is 34.5 Å². The number of aryl methyl sites for hydroxylation is 1.